The van der Waals surface area contributed by atoms with Crippen LogP contribution in [0.3, 0.4) is 0 Å². The first kappa shape index (κ1) is 27.7. The summed E-state index contributed by atoms with van der Waals surface area (Å²) in [6, 6.07) is 32.0. The molecule has 0 spiro atoms. The minimum Gasteiger partial charge on any atom is -0.207 e. The summed E-state index contributed by atoms with van der Waals surface area (Å²) in [5.41, 5.74) is 3.23. The lowest BCUT2D eigenvalue weighted by Gasteiger charge is -2.26. The minimum absolute atomic E-state index is 0.180. The Morgan fingerprint density at radius 2 is 1.13 bits per heavy atom. The topological polar surface area (TPSA) is 74.8 Å². The predicted molar refractivity (Wildman–Crippen MR) is 151 cm³/mol. The van der Waals surface area contributed by atoms with Crippen LogP contribution in [-0.2, 0) is 33.1 Å². The van der Waals surface area contributed by atoms with E-state index in [4.69, 9.17) is 0 Å². The zero-order chi connectivity index (χ0) is 27.3. The van der Waals surface area contributed by atoms with E-state index < -0.39 is 20.0 Å². The van der Waals surface area contributed by atoms with E-state index in [2.05, 4.69) is 0 Å². The van der Waals surface area contributed by atoms with Gasteiger partial charge in [0, 0.05) is 26.2 Å². The Labute approximate surface area is 226 Å². The van der Waals surface area contributed by atoms with Crippen LogP contribution in [0.1, 0.15) is 25.0 Å². The van der Waals surface area contributed by atoms with Crippen LogP contribution in [0.25, 0.3) is 11.1 Å². The first-order chi connectivity index (χ1) is 18.1. The summed E-state index contributed by atoms with van der Waals surface area (Å²) in [6.07, 6.45) is 0. The molecule has 38 heavy (non-hydrogen) atoms. The molecule has 0 aliphatic carbocycles. The highest BCUT2D eigenvalue weighted by Crippen LogP contribution is 2.27. The van der Waals surface area contributed by atoms with Crippen molar-refractivity contribution < 1.29 is 16.8 Å². The molecule has 0 amide bonds. The van der Waals surface area contributed by atoms with E-state index in [9.17, 15) is 16.8 Å². The van der Waals surface area contributed by atoms with Crippen LogP contribution in [0, 0.1) is 0 Å². The van der Waals surface area contributed by atoms with Crippen molar-refractivity contribution in [3.8, 4) is 11.1 Å². The first-order valence-electron chi connectivity index (χ1n) is 12.4. The van der Waals surface area contributed by atoms with Gasteiger partial charge < -0.3 is 0 Å². The first-order valence-corrected chi connectivity index (χ1v) is 15.2. The van der Waals surface area contributed by atoms with Gasteiger partial charge in [-0.15, -0.1) is 0 Å². The maximum Gasteiger partial charge on any atom is 0.243 e. The molecule has 198 valence electrons. The van der Waals surface area contributed by atoms with Crippen LogP contribution in [0.4, 0.5) is 0 Å². The molecule has 0 atom stereocenters. The maximum absolute atomic E-state index is 13.5. The molecule has 0 heterocycles. The third-order valence-corrected chi connectivity index (χ3v) is 10.2. The van der Waals surface area contributed by atoms with E-state index >= 15 is 0 Å². The average molecular weight is 549 g/mol. The van der Waals surface area contributed by atoms with Gasteiger partial charge in [0.15, 0.2) is 0 Å². The Balaban J connectivity index is 1.57. The maximum atomic E-state index is 13.5. The van der Waals surface area contributed by atoms with Crippen molar-refractivity contribution in [3.63, 3.8) is 0 Å². The van der Waals surface area contributed by atoms with Gasteiger partial charge in [-0.1, -0.05) is 84.9 Å². The van der Waals surface area contributed by atoms with Gasteiger partial charge in [-0.2, -0.15) is 8.61 Å². The Morgan fingerprint density at radius 3 is 1.68 bits per heavy atom. The Morgan fingerprint density at radius 1 is 0.579 bits per heavy atom. The van der Waals surface area contributed by atoms with E-state index in [1.807, 2.05) is 80.6 Å². The molecule has 0 N–H and O–H groups in total. The lowest BCUT2D eigenvalue weighted by molar-refractivity contribution is 0.348. The highest BCUT2D eigenvalue weighted by molar-refractivity contribution is 7.89. The Bertz CT molecular complexity index is 1570. The highest BCUT2D eigenvalue weighted by atomic mass is 32.2. The molecular weight excluding hydrogens is 516 g/mol. The van der Waals surface area contributed by atoms with Crippen molar-refractivity contribution in [1.29, 1.82) is 0 Å². The third kappa shape index (κ3) is 6.22. The fourth-order valence-corrected chi connectivity index (χ4v) is 7.04. The van der Waals surface area contributed by atoms with Crippen molar-refractivity contribution in [3.05, 3.63) is 120 Å². The number of hydrogen-bond donors (Lipinski definition) is 0. The van der Waals surface area contributed by atoms with Gasteiger partial charge in [0.2, 0.25) is 20.0 Å². The molecule has 0 saturated heterocycles. The summed E-state index contributed by atoms with van der Waals surface area (Å²) in [5, 5.41) is 0. The standard InChI is InChI=1S/C30H32N2O4S2/c1-24(2)32(23-26-13-8-5-9-14-26)38(35,36)29-19-17-27(18-20-29)28-15-10-16-30(21-28)37(33,34)31(3)22-25-11-6-4-7-12-25/h4-21,24H,22-23H2,1-3H3. The molecule has 0 saturated carbocycles. The van der Waals surface area contributed by atoms with Crippen LogP contribution >= 0.6 is 0 Å². The van der Waals surface area contributed by atoms with Gasteiger partial charge in [-0.25, -0.2) is 16.8 Å². The summed E-state index contributed by atoms with van der Waals surface area (Å²) in [5.74, 6) is 0. The summed E-state index contributed by atoms with van der Waals surface area (Å²) in [7, 11) is -5.90. The van der Waals surface area contributed by atoms with Crippen LogP contribution in [0.5, 0.6) is 0 Å². The predicted octanol–water partition coefficient (Wildman–Crippen LogP) is 5.77. The van der Waals surface area contributed by atoms with Crippen molar-refractivity contribution in [2.75, 3.05) is 7.05 Å². The number of hydrogen-bond acceptors (Lipinski definition) is 4. The van der Waals surface area contributed by atoms with E-state index in [0.717, 1.165) is 16.7 Å². The highest BCUT2D eigenvalue weighted by Gasteiger charge is 2.27. The fourth-order valence-electron chi connectivity index (χ4n) is 4.20. The molecule has 0 radical (unpaired) electrons. The van der Waals surface area contributed by atoms with Gasteiger partial charge >= 0.3 is 0 Å². The normalized spacial score (nSPS) is 12.4. The van der Waals surface area contributed by atoms with E-state index in [1.165, 1.54) is 8.61 Å². The molecule has 0 fully saturated rings. The molecule has 6 nitrogen and oxygen atoms in total. The monoisotopic (exact) mass is 548 g/mol. The minimum atomic E-state index is -3.74. The molecule has 8 heteroatoms. The largest absolute Gasteiger partial charge is 0.243 e. The van der Waals surface area contributed by atoms with Crippen molar-refractivity contribution in [1.82, 2.24) is 8.61 Å². The number of rotatable bonds is 10. The molecule has 0 aromatic heterocycles. The summed E-state index contributed by atoms with van der Waals surface area (Å²) < 4.78 is 56.2. The molecule has 0 unspecified atom stereocenters. The molecule has 0 bridgehead atoms. The van der Waals surface area contributed by atoms with E-state index in [0.29, 0.717) is 5.56 Å². The summed E-state index contributed by atoms with van der Waals surface area (Å²) in [4.78, 5) is 0.372. The van der Waals surface area contributed by atoms with E-state index in [-0.39, 0.29) is 28.9 Å². The molecule has 4 aromatic rings. The van der Waals surface area contributed by atoms with Gasteiger partial charge in [0.25, 0.3) is 0 Å². The molecule has 0 aliphatic rings. The van der Waals surface area contributed by atoms with Gasteiger partial charge in [-0.05, 0) is 60.4 Å². The number of nitrogens with zero attached hydrogens (tertiary/aromatic N) is 2. The smallest absolute Gasteiger partial charge is 0.207 e. The Kier molecular flexibility index (Phi) is 8.47. The zero-order valence-electron chi connectivity index (χ0n) is 21.7. The fraction of sp³-hybridized carbons (Fsp3) is 0.200. The lowest BCUT2D eigenvalue weighted by Crippen LogP contribution is -2.36. The third-order valence-electron chi connectivity index (χ3n) is 6.34. The van der Waals surface area contributed by atoms with Crippen molar-refractivity contribution >= 4 is 20.0 Å². The van der Waals surface area contributed by atoms with Crippen LogP contribution in [0.15, 0.2) is 119 Å². The lowest BCUT2D eigenvalue weighted by atomic mass is 10.1. The van der Waals surface area contributed by atoms with Gasteiger partial charge in [0.05, 0.1) is 9.79 Å². The van der Waals surface area contributed by atoms with Crippen molar-refractivity contribution in [2.45, 2.75) is 42.8 Å². The second-order valence-electron chi connectivity index (χ2n) is 9.43. The van der Waals surface area contributed by atoms with Gasteiger partial charge in [0.1, 0.15) is 0 Å². The van der Waals surface area contributed by atoms with Crippen molar-refractivity contribution in [2.24, 2.45) is 0 Å². The summed E-state index contributed by atoms with van der Waals surface area (Å²) >= 11 is 0. The Hall–Kier alpha value is -3.30. The molecule has 4 rings (SSSR count). The SMILES string of the molecule is CC(C)N(Cc1ccccc1)S(=O)(=O)c1ccc(-c2cccc(S(=O)(=O)N(C)Cc3ccccc3)c2)cc1. The van der Waals surface area contributed by atoms with Crippen LogP contribution in [-0.4, -0.2) is 38.5 Å². The zero-order valence-corrected chi connectivity index (χ0v) is 23.4. The summed E-state index contributed by atoms with van der Waals surface area (Å²) in [6.45, 7) is 4.25. The molecule has 4 aromatic carbocycles. The van der Waals surface area contributed by atoms with Crippen LogP contribution in [0.2, 0.25) is 0 Å². The molecular formula is C30H32N2O4S2. The van der Waals surface area contributed by atoms with Gasteiger partial charge in [-0.3, -0.25) is 0 Å². The average Bonchev–Trinajstić information content (AvgIpc) is 2.92. The van der Waals surface area contributed by atoms with Crippen LogP contribution < -0.4 is 0 Å². The molecule has 0 aliphatic heterocycles. The number of benzene rings is 4. The second-order valence-corrected chi connectivity index (χ2v) is 13.4. The quantitative estimate of drug-likeness (QED) is 0.252. The van der Waals surface area contributed by atoms with E-state index in [1.54, 1.807) is 49.5 Å². The second kappa shape index (κ2) is 11.6. The number of sulfonamides is 2.